The van der Waals surface area contributed by atoms with Gasteiger partial charge in [0.2, 0.25) is 5.91 Å². The molecule has 0 bridgehead atoms. The van der Waals surface area contributed by atoms with Crippen molar-refractivity contribution in [1.82, 2.24) is 4.98 Å². The minimum atomic E-state index is -4.60. The average Bonchev–Trinajstić information content (AvgIpc) is 3.38. The molecule has 5 nitrogen and oxygen atoms in total. The normalized spacial score (nSPS) is 14.9. The number of aliphatic carboxylic acids is 1. The van der Waals surface area contributed by atoms with Crippen molar-refractivity contribution in [3.8, 4) is 11.1 Å². The van der Waals surface area contributed by atoms with Crippen molar-refractivity contribution in [2.45, 2.75) is 57.5 Å². The second-order valence-corrected chi connectivity index (χ2v) is 9.69. The van der Waals surface area contributed by atoms with Crippen LogP contribution in [0.4, 0.5) is 23.2 Å². The number of hydrogen-bond donors (Lipinski definition) is 2. The van der Waals surface area contributed by atoms with Crippen LogP contribution in [0.25, 0.3) is 11.1 Å². The number of alkyl halides is 3. The summed E-state index contributed by atoms with van der Waals surface area (Å²) >= 11 is 0. The highest BCUT2D eigenvalue weighted by atomic mass is 19.4. The van der Waals surface area contributed by atoms with Crippen molar-refractivity contribution in [3.05, 3.63) is 82.9 Å². The fourth-order valence-electron chi connectivity index (χ4n) is 5.17. The van der Waals surface area contributed by atoms with Gasteiger partial charge in [-0.25, -0.2) is 4.39 Å². The van der Waals surface area contributed by atoms with Gasteiger partial charge in [0.1, 0.15) is 5.82 Å². The van der Waals surface area contributed by atoms with Crippen LogP contribution in [-0.2, 0) is 22.2 Å². The van der Waals surface area contributed by atoms with Crippen LogP contribution in [0.15, 0.2) is 54.9 Å². The van der Waals surface area contributed by atoms with Crippen LogP contribution >= 0.6 is 0 Å². The lowest BCUT2D eigenvalue weighted by atomic mass is 9.83. The van der Waals surface area contributed by atoms with Gasteiger partial charge in [-0.1, -0.05) is 37.1 Å². The highest BCUT2D eigenvalue weighted by Crippen LogP contribution is 2.40. The molecule has 9 heteroatoms. The zero-order chi connectivity index (χ0) is 27.4. The molecule has 0 unspecified atom stereocenters. The quantitative estimate of drug-likeness (QED) is 0.305. The third-order valence-electron chi connectivity index (χ3n) is 7.19. The fraction of sp³-hybridized carbons (Fsp3) is 0.345. The number of hydrogen-bond acceptors (Lipinski definition) is 3. The molecule has 1 aliphatic carbocycles. The molecule has 0 radical (unpaired) electrons. The molecule has 0 saturated heterocycles. The number of aromatic nitrogens is 1. The molecular formula is C29H28F4N2O3. The van der Waals surface area contributed by atoms with E-state index in [0.717, 1.165) is 42.9 Å². The molecule has 200 valence electrons. The first kappa shape index (κ1) is 27.3. The molecule has 1 amide bonds. The summed E-state index contributed by atoms with van der Waals surface area (Å²) in [6.07, 6.45) is 1.07. The largest absolute Gasteiger partial charge is 0.481 e. The van der Waals surface area contributed by atoms with Crippen molar-refractivity contribution >= 4 is 17.6 Å². The van der Waals surface area contributed by atoms with Gasteiger partial charge in [0.05, 0.1) is 11.5 Å². The molecule has 1 saturated carbocycles. The Balaban J connectivity index is 1.63. The van der Waals surface area contributed by atoms with Crippen LogP contribution in [0.5, 0.6) is 0 Å². The van der Waals surface area contributed by atoms with Crippen molar-refractivity contribution in [2.75, 3.05) is 5.32 Å². The summed E-state index contributed by atoms with van der Waals surface area (Å²) in [6.45, 7) is 1.81. The topological polar surface area (TPSA) is 79.3 Å². The number of anilines is 1. The van der Waals surface area contributed by atoms with E-state index in [2.05, 4.69) is 10.3 Å². The van der Waals surface area contributed by atoms with Crippen LogP contribution < -0.4 is 5.32 Å². The molecule has 38 heavy (non-hydrogen) atoms. The van der Waals surface area contributed by atoms with Crippen molar-refractivity contribution < 1.29 is 32.3 Å². The minimum Gasteiger partial charge on any atom is -0.481 e. The van der Waals surface area contributed by atoms with E-state index in [0.29, 0.717) is 23.9 Å². The first-order valence-corrected chi connectivity index (χ1v) is 12.5. The number of halogens is 4. The van der Waals surface area contributed by atoms with Crippen molar-refractivity contribution in [1.29, 1.82) is 0 Å². The maximum atomic E-state index is 15.3. The van der Waals surface area contributed by atoms with Gasteiger partial charge in [0, 0.05) is 35.6 Å². The smallest absolute Gasteiger partial charge is 0.417 e. The number of carbonyl (C=O) groups excluding carboxylic acids is 1. The molecule has 2 N–H and O–H groups in total. The Hall–Kier alpha value is -3.75. The summed E-state index contributed by atoms with van der Waals surface area (Å²) in [5.74, 6) is -2.60. The number of pyridine rings is 1. The highest BCUT2D eigenvalue weighted by molar-refractivity contribution is 5.97. The maximum absolute atomic E-state index is 15.3. The predicted octanol–water partition coefficient (Wildman–Crippen LogP) is 7.14. The number of nitrogens with zero attached hydrogens (tertiary/aromatic N) is 1. The summed E-state index contributed by atoms with van der Waals surface area (Å²) in [5.41, 5.74) is 1.60. The molecule has 1 aliphatic rings. The number of aryl methyl sites for hydroxylation is 1. The number of amides is 1. The van der Waals surface area contributed by atoms with E-state index >= 15 is 4.39 Å². The molecular weight excluding hydrogens is 500 g/mol. The molecule has 4 rings (SSSR count). The molecule has 0 spiro atoms. The van der Waals surface area contributed by atoms with Crippen LogP contribution in [0.2, 0.25) is 0 Å². The lowest BCUT2D eigenvalue weighted by molar-refractivity contribution is -0.138. The third kappa shape index (κ3) is 6.20. The Kier molecular flexibility index (Phi) is 8.14. The number of carboxylic acids is 1. The maximum Gasteiger partial charge on any atom is 0.417 e. The van der Waals surface area contributed by atoms with E-state index in [9.17, 15) is 22.8 Å². The van der Waals surface area contributed by atoms with Crippen LogP contribution in [0.1, 0.15) is 60.3 Å². The van der Waals surface area contributed by atoms with Gasteiger partial charge < -0.3 is 10.4 Å². The second kappa shape index (κ2) is 11.3. The van der Waals surface area contributed by atoms with Crippen molar-refractivity contribution in [2.24, 2.45) is 5.92 Å². The number of rotatable bonds is 8. The lowest BCUT2D eigenvalue weighted by Gasteiger charge is -2.24. The summed E-state index contributed by atoms with van der Waals surface area (Å²) in [6, 6.07) is 10.4. The Bertz CT molecular complexity index is 1330. The molecule has 1 heterocycles. The van der Waals surface area contributed by atoms with E-state index in [1.807, 2.05) is 13.0 Å². The van der Waals surface area contributed by atoms with Gasteiger partial charge in [-0.15, -0.1) is 0 Å². The Morgan fingerprint density at radius 3 is 2.50 bits per heavy atom. The first-order chi connectivity index (χ1) is 18.0. The standard InChI is InChI=1S/C29H28F4N2O3/c1-17-18(10-12-26(36)37)7-4-8-25(17)35-28(38)27(19-5-2-3-6-19)20-9-11-23(24(30)14-20)21-13-22(16-34-15-21)29(31,32)33/h4,7-9,11,13-16,19,27H,2-3,5-6,10,12H2,1H3,(H,35,38)(H,36,37)/t27-/m1/s1. The summed E-state index contributed by atoms with van der Waals surface area (Å²) in [7, 11) is 0. The van der Waals surface area contributed by atoms with Gasteiger partial charge in [0.15, 0.2) is 0 Å². The van der Waals surface area contributed by atoms with Gasteiger partial charge in [-0.3, -0.25) is 14.6 Å². The van der Waals surface area contributed by atoms with Gasteiger partial charge >= 0.3 is 12.1 Å². The SMILES string of the molecule is Cc1c(CCC(=O)O)cccc1NC(=O)[C@@H](c1ccc(-c2cncc(C(F)(F)F)c2)c(F)c1)C1CCCC1. The zero-order valence-corrected chi connectivity index (χ0v) is 20.8. The van der Waals surface area contributed by atoms with Gasteiger partial charge in [0.25, 0.3) is 0 Å². The van der Waals surface area contributed by atoms with Crippen LogP contribution in [0, 0.1) is 18.7 Å². The number of benzene rings is 2. The summed E-state index contributed by atoms with van der Waals surface area (Å²) in [4.78, 5) is 28.2. The Morgan fingerprint density at radius 2 is 1.84 bits per heavy atom. The molecule has 0 aliphatic heterocycles. The lowest BCUT2D eigenvalue weighted by Crippen LogP contribution is -2.27. The molecule has 1 aromatic heterocycles. The van der Waals surface area contributed by atoms with Crippen LogP contribution in [-0.4, -0.2) is 22.0 Å². The van der Waals surface area contributed by atoms with Crippen LogP contribution in [0.3, 0.4) is 0 Å². The van der Waals surface area contributed by atoms with Crippen molar-refractivity contribution in [3.63, 3.8) is 0 Å². The monoisotopic (exact) mass is 528 g/mol. The number of carboxylic acid groups (broad SMARTS) is 1. The fourth-order valence-corrected chi connectivity index (χ4v) is 5.17. The third-order valence-corrected chi connectivity index (χ3v) is 7.19. The van der Waals surface area contributed by atoms with Gasteiger partial charge in [-0.2, -0.15) is 13.2 Å². The summed E-state index contributed by atoms with van der Waals surface area (Å²) < 4.78 is 54.6. The molecule has 3 aromatic rings. The average molecular weight is 529 g/mol. The van der Waals surface area contributed by atoms with Gasteiger partial charge in [-0.05, 0) is 67.0 Å². The van der Waals surface area contributed by atoms with E-state index < -0.39 is 29.4 Å². The van der Waals surface area contributed by atoms with E-state index in [1.165, 1.54) is 18.3 Å². The first-order valence-electron chi connectivity index (χ1n) is 12.5. The summed E-state index contributed by atoms with van der Waals surface area (Å²) in [5, 5.41) is 12.0. The molecule has 1 fully saturated rings. The zero-order valence-electron chi connectivity index (χ0n) is 20.8. The number of carbonyl (C=O) groups is 2. The highest BCUT2D eigenvalue weighted by Gasteiger charge is 2.34. The predicted molar refractivity (Wildman–Crippen MR) is 135 cm³/mol. The number of nitrogens with one attached hydrogen (secondary N) is 1. The molecule has 2 aromatic carbocycles. The Labute approximate surface area is 217 Å². The van der Waals surface area contributed by atoms with E-state index in [4.69, 9.17) is 5.11 Å². The van der Waals surface area contributed by atoms with E-state index in [-0.39, 0.29) is 29.4 Å². The minimum absolute atomic E-state index is 0.000423. The second-order valence-electron chi connectivity index (χ2n) is 9.69. The Morgan fingerprint density at radius 1 is 1.11 bits per heavy atom. The molecule has 1 atom stereocenters. The van der Waals surface area contributed by atoms with E-state index in [1.54, 1.807) is 18.2 Å².